The average Bonchev–Trinajstić information content (AvgIpc) is 2.62. The highest BCUT2D eigenvalue weighted by Crippen LogP contribution is 2.42. The third-order valence-electron chi connectivity index (χ3n) is 5.69. The third kappa shape index (κ3) is 4.66. The summed E-state index contributed by atoms with van der Waals surface area (Å²) in [4.78, 5) is 10.2. The van der Waals surface area contributed by atoms with Crippen molar-refractivity contribution in [2.45, 2.75) is 44.1 Å². The molecule has 2 aromatic rings. The number of hydrogen-bond acceptors (Lipinski definition) is 2. The molecular formula is C22H26Cl2N2O. The molecule has 2 aliphatic carbocycles. The molecule has 0 unspecified atom stereocenters. The van der Waals surface area contributed by atoms with Gasteiger partial charge in [0, 0.05) is 17.9 Å². The summed E-state index contributed by atoms with van der Waals surface area (Å²) in [5.41, 5.74) is 9.01. The standard InChI is InChI=1S/C17H17Cl2N.C5H9NO/c1-20-17-9-7-12(13-4-2-3-5-14(13)17)11-6-8-15(18)16(19)10-11;6-5(7)4-2-1-3-4/h2-6,8,10,12,17,20H,7,9H2,1H3;4H,1-3H2,(H2,6,7)/t12-,17-;/m0./s1. The summed E-state index contributed by atoms with van der Waals surface area (Å²) in [6.07, 6.45) is 5.50. The van der Waals surface area contributed by atoms with Crippen LogP contribution in [0.5, 0.6) is 0 Å². The van der Waals surface area contributed by atoms with Crippen LogP contribution < -0.4 is 11.1 Å². The van der Waals surface area contributed by atoms with Crippen LogP contribution in [0.2, 0.25) is 10.0 Å². The lowest BCUT2D eigenvalue weighted by Gasteiger charge is -2.32. The molecule has 2 aromatic carbocycles. The number of hydrogen-bond donors (Lipinski definition) is 2. The zero-order chi connectivity index (χ0) is 19.4. The molecule has 3 nitrogen and oxygen atoms in total. The first-order chi connectivity index (χ1) is 13.0. The van der Waals surface area contributed by atoms with Crippen molar-refractivity contribution in [2.75, 3.05) is 7.05 Å². The fourth-order valence-electron chi connectivity index (χ4n) is 3.86. The number of rotatable bonds is 3. The molecule has 0 heterocycles. The molecular weight excluding hydrogens is 379 g/mol. The van der Waals surface area contributed by atoms with Crippen molar-refractivity contribution in [2.24, 2.45) is 11.7 Å². The highest BCUT2D eigenvalue weighted by atomic mass is 35.5. The van der Waals surface area contributed by atoms with Crippen LogP contribution >= 0.6 is 23.2 Å². The Balaban J connectivity index is 0.000000253. The molecule has 0 bridgehead atoms. The predicted octanol–water partition coefficient (Wildman–Crippen LogP) is 5.45. The average molecular weight is 405 g/mol. The van der Waals surface area contributed by atoms with Gasteiger partial charge in [-0.05, 0) is 61.6 Å². The highest BCUT2D eigenvalue weighted by molar-refractivity contribution is 6.42. The number of amides is 1. The lowest BCUT2D eigenvalue weighted by molar-refractivity contribution is -0.124. The lowest BCUT2D eigenvalue weighted by atomic mass is 9.77. The van der Waals surface area contributed by atoms with Gasteiger partial charge in [-0.25, -0.2) is 0 Å². The van der Waals surface area contributed by atoms with Crippen LogP contribution in [0.4, 0.5) is 0 Å². The summed E-state index contributed by atoms with van der Waals surface area (Å²) < 4.78 is 0. The van der Waals surface area contributed by atoms with E-state index in [4.69, 9.17) is 28.9 Å². The van der Waals surface area contributed by atoms with Gasteiger partial charge in [0.15, 0.2) is 0 Å². The van der Waals surface area contributed by atoms with Gasteiger partial charge in [-0.1, -0.05) is 60.0 Å². The van der Waals surface area contributed by atoms with E-state index in [0.29, 0.717) is 22.0 Å². The molecule has 144 valence electrons. The summed E-state index contributed by atoms with van der Waals surface area (Å²) >= 11 is 12.2. The maximum Gasteiger partial charge on any atom is 0.220 e. The summed E-state index contributed by atoms with van der Waals surface area (Å²) in [5, 5.41) is 4.66. The molecule has 1 fully saturated rings. The first kappa shape index (κ1) is 20.2. The molecule has 1 amide bonds. The van der Waals surface area contributed by atoms with Gasteiger partial charge in [-0.2, -0.15) is 0 Å². The van der Waals surface area contributed by atoms with E-state index in [1.165, 1.54) is 23.1 Å². The Morgan fingerprint density at radius 1 is 1.00 bits per heavy atom. The largest absolute Gasteiger partial charge is 0.369 e. The van der Waals surface area contributed by atoms with E-state index in [9.17, 15) is 4.79 Å². The summed E-state index contributed by atoms with van der Waals surface area (Å²) in [7, 11) is 2.03. The molecule has 0 aliphatic heterocycles. The van der Waals surface area contributed by atoms with Crippen LogP contribution in [0.1, 0.15) is 60.8 Å². The summed E-state index contributed by atoms with van der Waals surface area (Å²) in [6.45, 7) is 0. The molecule has 1 saturated carbocycles. The topological polar surface area (TPSA) is 55.1 Å². The van der Waals surface area contributed by atoms with Crippen LogP contribution in [0, 0.1) is 5.92 Å². The van der Waals surface area contributed by atoms with Crippen molar-refractivity contribution in [3.8, 4) is 0 Å². The molecule has 3 N–H and O–H groups in total. The van der Waals surface area contributed by atoms with Crippen LogP contribution in [0.3, 0.4) is 0 Å². The third-order valence-corrected chi connectivity index (χ3v) is 6.43. The van der Waals surface area contributed by atoms with Gasteiger partial charge in [0.25, 0.3) is 0 Å². The highest BCUT2D eigenvalue weighted by Gasteiger charge is 2.27. The second-order valence-corrected chi connectivity index (χ2v) is 8.12. The molecule has 5 heteroatoms. The maximum absolute atomic E-state index is 10.2. The Labute approximate surface area is 171 Å². The van der Waals surface area contributed by atoms with Gasteiger partial charge in [0.05, 0.1) is 10.0 Å². The number of primary amides is 1. The van der Waals surface area contributed by atoms with Gasteiger partial charge < -0.3 is 11.1 Å². The molecule has 0 saturated heterocycles. The molecule has 27 heavy (non-hydrogen) atoms. The fraction of sp³-hybridized carbons (Fsp3) is 0.409. The fourth-order valence-corrected chi connectivity index (χ4v) is 4.16. The van der Waals surface area contributed by atoms with Crippen LogP contribution in [0.25, 0.3) is 0 Å². The van der Waals surface area contributed by atoms with E-state index < -0.39 is 0 Å². The predicted molar refractivity (Wildman–Crippen MR) is 112 cm³/mol. The number of halogens is 2. The molecule has 4 rings (SSSR count). The Bertz CT molecular complexity index is 805. The number of fused-ring (bicyclic) bond motifs is 1. The van der Waals surface area contributed by atoms with Crippen molar-refractivity contribution in [3.05, 3.63) is 69.2 Å². The van der Waals surface area contributed by atoms with Gasteiger partial charge in [-0.3, -0.25) is 4.79 Å². The maximum atomic E-state index is 10.2. The van der Waals surface area contributed by atoms with Crippen molar-refractivity contribution >= 4 is 29.1 Å². The number of carbonyl (C=O) groups is 1. The zero-order valence-corrected chi connectivity index (χ0v) is 17.1. The monoisotopic (exact) mass is 404 g/mol. The number of carbonyl (C=O) groups excluding carboxylic acids is 1. The Morgan fingerprint density at radius 3 is 2.22 bits per heavy atom. The van der Waals surface area contributed by atoms with Gasteiger partial charge >= 0.3 is 0 Å². The van der Waals surface area contributed by atoms with Crippen molar-refractivity contribution in [1.29, 1.82) is 0 Å². The van der Waals surface area contributed by atoms with Crippen LogP contribution in [0.15, 0.2) is 42.5 Å². The first-order valence-electron chi connectivity index (χ1n) is 9.51. The van der Waals surface area contributed by atoms with E-state index >= 15 is 0 Å². The van der Waals surface area contributed by atoms with E-state index in [0.717, 1.165) is 25.7 Å². The van der Waals surface area contributed by atoms with Crippen molar-refractivity contribution in [3.63, 3.8) is 0 Å². The first-order valence-corrected chi connectivity index (χ1v) is 10.3. The number of nitrogens with two attached hydrogens (primary N) is 1. The minimum absolute atomic E-state index is 0.119. The van der Waals surface area contributed by atoms with E-state index in [2.05, 4.69) is 35.6 Å². The van der Waals surface area contributed by atoms with E-state index in [1.54, 1.807) is 0 Å². The molecule has 2 aliphatic rings. The minimum atomic E-state index is -0.119. The molecule has 0 radical (unpaired) electrons. The van der Waals surface area contributed by atoms with E-state index in [-0.39, 0.29) is 11.8 Å². The Morgan fingerprint density at radius 2 is 1.70 bits per heavy atom. The second kappa shape index (κ2) is 9.09. The minimum Gasteiger partial charge on any atom is -0.369 e. The Kier molecular flexibility index (Phi) is 6.80. The zero-order valence-electron chi connectivity index (χ0n) is 15.6. The molecule has 0 aromatic heterocycles. The summed E-state index contributed by atoms with van der Waals surface area (Å²) in [6, 6.07) is 15.1. The van der Waals surface area contributed by atoms with Crippen molar-refractivity contribution in [1.82, 2.24) is 5.32 Å². The van der Waals surface area contributed by atoms with Crippen LogP contribution in [-0.2, 0) is 4.79 Å². The SMILES string of the molecule is CN[C@H]1CC[C@@H](c2ccc(Cl)c(Cl)c2)c2ccccc21.NC(=O)C1CCC1. The molecule has 2 atom stereocenters. The number of benzene rings is 2. The van der Waals surface area contributed by atoms with Crippen molar-refractivity contribution < 1.29 is 4.79 Å². The smallest absolute Gasteiger partial charge is 0.220 e. The normalized spacial score (nSPS) is 21.4. The lowest BCUT2D eigenvalue weighted by Crippen LogP contribution is -2.28. The summed E-state index contributed by atoms with van der Waals surface area (Å²) in [5.74, 6) is 0.511. The van der Waals surface area contributed by atoms with Gasteiger partial charge in [-0.15, -0.1) is 0 Å². The van der Waals surface area contributed by atoms with Gasteiger partial charge in [0.2, 0.25) is 5.91 Å². The Hall–Kier alpha value is -1.55. The quantitative estimate of drug-likeness (QED) is 0.713. The van der Waals surface area contributed by atoms with Gasteiger partial charge in [0.1, 0.15) is 0 Å². The number of nitrogens with one attached hydrogen (secondary N) is 1. The molecule has 0 spiro atoms. The van der Waals surface area contributed by atoms with Crippen LogP contribution in [-0.4, -0.2) is 13.0 Å². The second-order valence-electron chi connectivity index (χ2n) is 7.30. The van der Waals surface area contributed by atoms with E-state index in [1.807, 2.05) is 19.2 Å².